The van der Waals surface area contributed by atoms with Gasteiger partial charge in [0.05, 0.1) is 28.5 Å². The highest BCUT2D eigenvalue weighted by Crippen LogP contribution is 2.27. The zero-order valence-corrected chi connectivity index (χ0v) is 18.9. The first kappa shape index (κ1) is 24.2. The van der Waals surface area contributed by atoms with Crippen LogP contribution in [0.15, 0.2) is 29.2 Å². The quantitative estimate of drug-likeness (QED) is 0.473. The molecule has 0 bridgehead atoms. The Bertz CT molecular complexity index is 991. The SMILES string of the molecule is CC(=O)NCc1ccc(S(=O)(=O)N[C@H]2CS(=O)(=O)C[C@@H]2NC(=O)C(Cl)(Cl)Cl)cc1. The fraction of sp³-hybridized carbons (Fsp3) is 0.467. The summed E-state index contributed by atoms with van der Waals surface area (Å²) in [6.45, 7) is 1.59. The van der Waals surface area contributed by atoms with E-state index in [4.69, 9.17) is 34.8 Å². The van der Waals surface area contributed by atoms with Crippen molar-refractivity contribution in [1.29, 1.82) is 0 Å². The first-order valence-electron chi connectivity index (χ1n) is 8.13. The molecule has 1 aliphatic rings. The molecule has 9 nitrogen and oxygen atoms in total. The topological polar surface area (TPSA) is 139 Å². The molecular formula is C15H18Cl3N3O6S2. The fourth-order valence-corrected chi connectivity index (χ4v) is 6.04. The number of rotatable bonds is 6. The summed E-state index contributed by atoms with van der Waals surface area (Å²) >= 11 is 16.4. The summed E-state index contributed by atoms with van der Waals surface area (Å²) in [5.41, 5.74) is 0.676. The lowest BCUT2D eigenvalue weighted by atomic mass is 10.2. The van der Waals surface area contributed by atoms with Crippen molar-refractivity contribution in [3.8, 4) is 0 Å². The van der Waals surface area contributed by atoms with E-state index in [1.807, 2.05) is 0 Å². The molecule has 0 aliphatic carbocycles. The van der Waals surface area contributed by atoms with Crippen LogP contribution in [0.2, 0.25) is 0 Å². The average Bonchev–Trinajstić information content (AvgIpc) is 2.85. The lowest BCUT2D eigenvalue weighted by molar-refractivity contribution is -0.121. The first-order valence-corrected chi connectivity index (χ1v) is 12.6. The zero-order chi connectivity index (χ0) is 22.0. The van der Waals surface area contributed by atoms with E-state index in [9.17, 15) is 26.4 Å². The monoisotopic (exact) mass is 505 g/mol. The molecule has 3 N–H and O–H groups in total. The number of benzene rings is 1. The lowest BCUT2D eigenvalue weighted by Crippen LogP contribution is -2.53. The number of alkyl halides is 3. The van der Waals surface area contributed by atoms with Gasteiger partial charge in [0.25, 0.3) is 9.70 Å². The summed E-state index contributed by atoms with van der Waals surface area (Å²) in [4.78, 5) is 22.7. The summed E-state index contributed by atoms with van der Waals surface area (Å²) in [5, 5.41) is 4.83. The number of amides is 2. The molecule has 1 heterocycles. The van der Waals surface area contributed by atoms with Crippen LogP contribution in [0, 0.1) is 0 Å². The van der Waals surface area contributed by atoms with Gasteiger partial charge in [-0.2, -0.15) is 0 Å². The molecule has 14 heteroatoms. The molecule has 0 saturated carbocycles. The fourth-order valence-electron chi connectivity index (χ4n) is 2.64. The molecule has 162 valence electrons. The van der Waals surface area contributed by atoms with E-state index < -0.39 is 53.1 Å². The van der Waals surface area contributed by atoms with Crippen LogP contribution in [0.25, 0.3) is 0 Å². The summed E-state index contributed by atoms with van der Waals surface area (Å²) < 4.78 is 49.2. The van der Waals surface area contributed by atoms with Crippen molar-refractivity contribution in [2.24, 2.45) is 0 Å². The third-order valence-electron chi connectivity index (χ3n) is 4.01. The Balaban J connectivity index is 2.16. The first-order chi connectivity index (χ1) is 13.2. The lowest BCUT2D eigenvalue weighted by Gasteiger charge is -2.22. The van der Waals surface area contributed by atoms with Crippen molar-refractivity contribution in [2.45, 2.75) is 34.2 Å². The van der Waals surface area contributed by atoms with Crippen LogP contribution in [-0.4, -0.2) is 56.0 Å². The zero-order valence-electron chi connectivity index (χ0n) is 15.0. The van der Waals surface area contributed by atoms with Gasteiger partial charge in [-0.25, -0.2) is 21.6 Å². The Morgan fingerprint density at radius 2 is 1.66 bits per heavy atom. The number of carbonyl (C=O) groups is 2. The second-order valence-electron chi connectivity index (χ2n) is 6.44. The van der Waals surface area contributed by atoms with Gasteiger partial charge >= 0.3 is 0 Å². The number of halogens is 3. The van der Waals surface area contributed by atoms with Gasteiger partial charge in [0.2, 0.25) is 15.9 Å². The van der Waals surface area contributed by atoms with Crippen LogP contribution in [0.3, 0.4) is 0 Å². The number of nitrogens with one attached hydrogen (secondary N) is 3. The highest BCUT2D eigenvalue weighted by molar-refractivity contribution is 7.92. The molecule has 0 aromatic heterocycles. The van der Waals surface area contributed by atoms with Gasteiger partial charge < -0.3 is 10.6 Å². The molecular weight excluding hydrogens is 489 g/mol. The van der Waals surface area contributed by atoms with E-state index in [1.54, 1.807) is 0 Å². The highest BCUT2D eigenvalue weighted by Gasteiger charge is 2.43. The minimum Gasteiger partial charge on any atom is -0.352 e. The van der Waals surface area contributed by atoms with Crippen LogP contribution < -0.4 is 15.4 Å². The van der Waals surface area contributed by atoms with Crippen molar-refractivity contribution in [3.05, 3.63) is 29.8 Å². The number of carbonyl (C=O) groups excluding carboxylic acids is 2. The van der Waals surface area contributed by atoms with Crippen molar-refractivity contribution in [1.82, 2.24) is 15.4 Å². The molecule has 2 rings (SSSR count). The molecule has 29 heavy (non-hydrogen) atoms. The summed E-state index contributed by atoms with van der Waals surface area (Å²) in [6.07, 6.45) is 0. The number of hydrogen-bond acceptors (Lipinski definition) is 6. The van der Waals surface area contributed by atoms with Crippen molar-refractivity contribution >= 4 is 66.5 Å². The predicted octanol–water partition coefficient (Wildman–Crippen LogP) is 0.253. The van der Waals surface area contributed by atoms with E-state index in [0.717, 1.165) is 0 Å². The van der Waals surface area contributed by atoms with Crippen LogP contribution in [0.1, 0.15) is 12.5 Å². The largest absolute Gasteiger partial charge is 0.352 e. The number of sulfone groups is 1. The van der Waals surface area contributed by atoms with E-state index >= 15 is 0 Å². The van der Waals surface area contributed by atoms with Crippen molar-refractivity contribution in [2.75, 3.05) is 11.5 Å². The summed E-state index contributed by atoms with van der Waals surface area (Å²) in [6, 6.07) is 3.42. The molecule has 0 spiro atoms. The number of hydrogen-bond donors (Lipinski definition) is 3. The van der Waals surface area contributed by atoms with Crippen LogP contribution in [0.4, 0.5) is 0 Å². The molecule has 0 unspecified atom stereocenters. The molecule has 1 aliphatic heterocycles. The number of sulfonamides is 1. The Morgan fingerprint density at radius 3 is 2.17 bits per heavy atom. The van der Waals surface area contributed by atoms with Gasteiger partial charge in [-0.15, -0.1) is 0 Å². The highest BCUT2D eigenvalue weighted by atomic mass is 35.6. The Morgan fingerprint density at radius 1 is 1.10 bits per heavy atom. The van der Waals surface area contributed by atoms with Crippen LogP contribution in [0.5, 0.6) is 0 Å². The standard InChI is InChI=1S/C15H18Cl3N3O6S2/c1-9(22)19-6-10-2-4-11(5-3-10)29(26,27)21-13-8-28(24,25)7-12(13)20-14(23)15(16,17)18/h2-5,12-13,21H,6-8H2,1H3,(H,19,22)(H,20,23)/t12-,13-/m0/s1. The van der Waals surface area contributed by atoms with E-state index in [2.05, 4.69) is 15.4 Å². The molecule has 1 aromatic carbocycles. The van der Waals surface area contributed by atoms with Crippen LogP contribution >= 0.6 is 34.8 Å². The predicted molar refractivity (Wildman–Crippen MR) is 109 cm³/mol. The third kappa shape index (κ3) is 6.97. The Hall–Kier alpha value is -1.11. The van der Waals surface area contributed by atoms with Gasteiger partial charge in [0, 0.05) is 13.5 Å². The average molecular weight is 507 g/mol. The molecule has 2 atom stereocenters. The van der Waals surface area contributed by atoms with E-state index in [1.165, 1.54) is 31.2 Å². The third-order valence-corrected chi connectivity index (χ3v) is 7.76. The van der Waals surface area contributed by atoms with Crippen molar-refractivity contribution in [3.63, 3.8) is 0 Å². The van der Waals surface area contributed by atoms with Crippen LogP contribution in [-0.2, 0) is 36.0 Å². The minimum absolute atomic E-state index is 0.111. The summed E-state index contributed by atoms with van der Waals surface area (Å²) in [7, 11) is -7.72. The smallest absolute Gasteiger partial charge is 0.272 e. The molecule has 0 radical (unpaired) electrons. The molecule has 2 amide bonds. The second-order valence-corrected chi connectivity index (χ2v) is 12.6. The van der Waals surface area contributed by atoms with Crippen molar-refractivity contribution < 1.29 is 26.4 Å². The maximum atomic E-state index is 12.6. The van der Waals surface area contributed by atoms with Gasteiger partial charge in [0.1, 0.15) is 0 Å². The van der Waals surface area contributed by atoms with Gasteiger partial charge in [-0.3, -0.25) is 9.59 Å². The van der Waals surface area contributed by atoms with E-state index in [0.29, 0.717) is 5.56 Å². The molecule has 1 fully saturated rings. The Labute approximate surface area is 183 Å². The second kappa shape index (κ2) is 8.94. The Kier molecular flexibility index (Phi) is 7.45. The molecule has 1 saturated heterocycles. The van der Waals surface area contributed by atoms with Gasteiger partial charge in [-0.05, 0) is 17.7 Å². The van der Waals surface area contributed by atoms with Gasteiger partial charge in [0.15, 0.2) is 9.84 Å². The van der Waals surface area contributed by atoms with Gasteiger partial charge in [-0.1, -0.05) is 46.9 Å². The maximum absolute atomic E-state index is 12.6. The maximum Gasteiger partial charge on any atom is 0.272 e. The minimum atomic E-state index is -4.10. The van der Waals surface area contributed by atoms with E-state index in [-0.39, 0.29) is 17.3 Å². The normalized spacial score (nSPS) is 21.5. The molecule has 1 aromatic rings. The summed E-state index contributed by atoms with van der Waals surface area (Å²) in [5.74, 6) is -2.30.